The molecular weight excluding hydrogens is 265 g/mol. The van der Waals surface area contributed by atoms with Gasteiger partial charge in [0.1, 0.15) is 11.9 Å². The lowest BCUT2D eigenvalue weighted by Gasteiger charge is -2.25. The van der Waals surface area contributed by atoms with E-state index in [2.05, 4.69) is 0 Å². The normalized spacial score (nSPS) is 26.4. The summed E-state index contributed by atoms with van der Waals surface area (Å²) in [4.78, 5) is 24.8. The zero-order chi connectivity index (χ0) is 14.9. The van der Waals surface area contributed by atoms with Crippen LogP contribution in [0.4, 0.5) is 4.39 Å². The maximum Gasteiger partial charge on any atom is 0.323 e. The van der Waals surface area contributed by atoms with Gasteiger partial charge in [0, 0.05) is 6.04 Å². The Morgan fingerprint density at radius 2 is 1.95 bits per heavy atom. The van der Waals surface area contributed by atoms with E-state index in [1.54, 1.807) is 24.1 Å². The first-order valence-electron chi connectivity index (χ1n) is 6.23. The van der Waals surface area contributed by atoms with Crippen molar-refractivity contribution in [2.24, 2.45) is 5.92 Å². The van der Waals surface area contributed by atoms with Gasteiger partial charge in [-0.05, 0) is 31.2 Å². The van der Waals surface area contributed by atoms with Gasteiger partial charge in [-0.3, -0.25) is 14.5 Å². The molecule has 6 heteroatoms. The third-order valence-electron chi connectivity index (χ3n) is 3.79. The number of carbonyl (C=O) groups excluding carboxylic acids is 1. The first kappa shape index (κ1) is 14.5. The van der Waals surface area contributed by atoms with Gasteiger partial charge in [0.25, 0.3) is 0 Å². The summed E-state index contributed by atoms with van der Waals surface area (Å²) in [5.74, 6) is -2.54. The molecule has 0 bridgehead atoms. The maximum atomic E-state index is 13.0. The van der Waals surface area contributed by atoms with E-state index in [1.165, 1.54) is 19.2 Å². The number of hydrogen-bond donors (Lipinski definition) is 1. The molecule has 1 aliphatic heterocycles. The molecule has 1 aromatic rings. The number of likely N-dealkylation sites (N-methyl/N-ethyl adjacent to an activating group) is 1. The van der Waals surface area contributed by atoms with Crippen LogP contribution in [0.15, 0.2) is 24.3 Å². The minimum atomic E-state index is -0.974. The van der Waals surface area contributed by atoms with Crippen LogP contribution in [0.25, 0.3) is 0 Å². The summed E-state index contributed by atoms with van der Waals surface area (Å²) in [5, 5.41) is 9.34. The predicted molar refractivity (Wildman–Crippen MR) is 68.5 cm³/mol. The van der Waals surface area contributed by atoms with Crippen molar-refractivity contribution in [2.45, 2.75) is 18.5 Å². The summed E-state index contributed by atoms with van der Waals surface area (Å²) in [5.41, 5.74) is 0.674. The first-order chi connectivity index (χ1) is 9.45. The molecule has 1 aliphatic rings. The SMILES string of the molecule is COC(=O)[C@H]1C[C@H](C(=O)O)[C@H](c2ccc(F)cc2)N1C. The van der Waals surface area contributed by atoms with Crippen LogP contribution in [0.3, 0.4) is 0 Å². The topological polar surface area (TPSA) is 66.8 Å². The molecule has 0 aliphatic carbocycles. The highest BCUT2D eigenvalue weighted by molar-refractivity contribution is 5.79. The highest BCUT2D eigenvalue weighted by Crippen LogP contribution is 2.40. The van der Waals surface area contributed by atoms with Crippen molar-refractivity contribution in [1.82, 2.24) is 4.90 Å². The van der Waals surface area contributed by atoms with E-state index in [4.69, 9.17) is 4.74 Å². The summed E-state index contributed by atoms with van der Waals surface area (Å²) in [7, 11) is 2.95. The van der Waals surface area contributed by atoms with Gasteiger partial charge in [-0.2, -0.15) is 0 Å². The van der Waals surface area contributed by atoms with Gasteiger partial charge in [-0.15, -0.1) is 0 Å². The Balaban J connectivity index is 2.35. The average molecular weight is 281 g/mol. The van der Waals surface area contributed by atoms with Crippen LogP contribution in [0.5, 0.6) is 0 Å². The number of hydrogen-bond acceptors (Lipinski definition) is 4. The average Bonchev–Trinajstić information content (AvgIpc) is 2.77. The monoisotopic (exact) mass is 281 g/mol. The van der Waals surface area contributed by atoms with E-state index >= 15 is 0 Å². The van der Waals surface area contributed by atoms with E-state index in [0.717, 1.165) is 0 Å². The molecular formula is C14H16FNO4. The Hall–Kier alpha value is -1.95. The van der Waals surface area contributed by atoms with Gasteiger partial charge < -0.3 is 9.84 Å². The molecule has 3 atom stereocenters. The largest absolute Gasteiger partial charge is 0.481 e. The van der Waals surface area contributed by atoms with Crippen LogP contribution in [-0.4, -0.2) is 42.1 Å². The summed E-state index contributed by atoms with van der Waals surface area (Å²) >= 11 is 0. The van der Waals surface area contributed by atoms with E-state index in [0.29, 0.717) is 5.56 Å². The number of methoxy groups -OCH3 is 1. The molecule has 5 nitrogen and oxygen atoms in total. The predicted octanol–water partition coefficient (Wildman–Crippen LogP) is 1.44. The molecule has 0 aromatic heterocycles. The minimum Gasteiger partial charge on any atom is -0.481 e. The molecule has 1 fully saturated rings. The second-order valence-electron chi connectivity index (χ2n) is 4.88. The number of likely N-dealkylation sites (tertiary alicyclic amines) is 1. The summed E-state index contributed by atoms with van der Waals surface area (Å²) in [6.07, 6.45) is 0.181. The van der Waals surface area contributed by atoms with Crippen molar-refractivity contribution < 1.29 is 23.8 Å². The fourth-order valence-electron chi connectivity index (χ4n) is 2.78. The number of benzene rings is 1. The van der Waals surface area contributed by atoms with E-state index < -0.39 is 29.9 Å². The van der Waals surface area contributed by atoms with Gasteiger partial charge in [0.05, 0.1) is 13.0 Å². The van der Waals surface area contributed by atoms with Crippen molar-refractivity contribution in [2.75, 3.05) is 14.2 Å². The first-order valence-corrected chi connectivity index (χ1v) is 6.23. The zero-order valence-corrected chi connectivity index (χ0v) is 11.2. The van der Waals surface area contributed by atoms with Crippen LogP contribution in [-0.2, 0) is 14.3 Å². The Labute approximate surface area is 116 Å². The molecule has 1 aromatic carbocycles. The van der Waals surface area contributed by atoms with Gasteiger partial charge in [0.2, 0.25) is 0 Å². The lowest BCUT2D eigenvalue weighted by molar-refractivity contribution is -0.145. The van der Waals surface area contributed by atoms with Crippen molar-refractivity contribution in [3.63, 3.8) is 0 Å². The lowest BCUT2D eigenvalue weighted by Crippen LogP contribution is -2.35. The van der Waals surface area contributed by atoms with Crippen LogP contribution in [0, 0.1) is 11.7 Å². The molecule has 0 spiro atoms. The van der Waals surface area contributed by atoms with Crippen molar-refractivity contribution in [1.29, 1.82) is 0 Å². The maximum absolute atomic E-state index is 13.0. The number of aliphatic carboxylic acids is 1. The third kappa shape index (κ3) is 2.51. The number of nitrogens with zero attached hydrogens (tertiary/aromatic N) is 1. The van der Waals surface area contributed by atoms with E-state index in [1.807, 2.05) is 0 Å². The van der Waals surface area contributed by atoms with Crippen molar-refractivity contribution in [3.05, 3.63) is 35.6 Å². The van der Waals surface area contributed by atoms with E-state index in [9.17, 15) is 19.1 Å². The van der Waals surface area contributed by atoms with Crippen LogP contribution < -0.4 is 0 Å². The number of carbonyl (C=O) groups is 2. The molecule has 0 radical (unpaired) electrons. The Morgan fingerprint density at radius 1 is 1.35 bits per heavy atom. The van der Waals surface area contributed by atoms with Crippen molar-refractivity contribution in [3.8, 4) is 0 Å². The molecule has 20 heavy (non-hydrogen) atoms. The molecule has 0 unspecified atom stereocenters. The number of carboxylic acids is 1. The molecule has 0 amide bonds. The van der Waals surface area contributed by atoms with Crippen LogP contribution >= 0.6 is 0 Å². The summed E-state index contributed by atoms with van der Waals surface area (Å²) in [6.45, 7) is 0. The van der Waals surface area contributed by atoms with E-state index in [-0.39, 0.29) is 12.2 Å². The lowest BCUT2D eigenvalue weighted by atomic mass is 9.93. The fraction of sp³-hybridized carbons (Fsp3) is 0.429. The number of esters is 1. The van der Waals surface area contributed by atoms with Gasteiger partial charge in [-0.25, -0.2) is 4.39 Å². The second kappa shape index (κ2) is 5.58. The van der Waals surface area contributed by atoms with Gasteiger partial charge >= 0.3 is 11.9 Å². The van der Waals surface area contributed by atoms with Crippen molar-refractivity contribution >= 4 is 11.9 Å². The molecule has 2 rings (SSSR count). The smallest absolute Gasteiger partial charge is 0.323 e. The number of rotatable bonds is 3. The highest BCUT2D eigenvalue weighted by atomic mass is 19.1. The molecule has 1 saturated heterocycles. The highest BCUT2D eigenvalue weighted by Gasteiger charge is 2.47. The fourth-order valence-corrected chi connectivity index (χ4v) is 2.78. The number of halogens is 1. The minimum absolute atomic E-state index is 0.181. The zero-order valence-electron chi connectivity index (χ0n) is 11.2. The van der Waals surface area contributed by atoms with Crippen LogP contribution in [0.2, 0.25) is 0 Å². The van der Waals surface area contributed by atoms with Crippen LogP contribution in [0.1, 0.15) is 18.0 Å². The van der Waals surface area contributed by atoms with Gasteiger partial charge in [0.15, 0.2) is 0 Å². The Bertz CT molecular complexity index is 516. The second-order valence-corrected chi connectivity index (χ2v) is 4.88. The summed E-state index contributed by atoms with van der Waals surface area (Å²) in [6, 6.07) is 4.59. The Kier molecular flexibility index (Phi) is 4.04. The molecule has 1 N–H and O–H groups in total. The molecule has 108 valence electrons. The quantitative estimate of drug-likeness (QED) is 0.849. The number of ether oxygens (including phenoxy) is 1. The standard InChI is InChI=1S/C14H16FNO4/c1-16-11(14(19)20-2)7-10(13(17)18)12(16)8-3-5-9(15)6-4-8/h3-6,10-12H,7H2,1-2H3,(H,17,18)/t10-,11+,12-/m0/s1. The van der Waals surface area contributed by atoms with Gasteiger partial charge in [-0.1, -0.05) is 12.1 Å². The molecule has 1 heterocycles. The molecule has 0 saturated carbocycles. The number of carboxylic acid groups (broad SMARTS) is 1. The summed E-state index contributed by atoms with van der Waals surface area (Å²) < 4.78 is 17.7. The Morgan fingerprint density at radius 3 is 2.45 bits per heavy atom. The third-order valence-corrected chi connectivity index (χ3v) is 3.79.